The molecule has 1 aromatic heterocycles. The van der Waals surface area contributed by atoms with Gasteiger partial charge in [-0.15, -0.1) is 0 Å². The second-order valence-electron chi connectivity index (χ2n) is 14.2. The van der Waals surface area contributed by atoms with Gasteiger partial charge in [-0.1, -0.05) is 88.4 Å². The molecule has 0 radical (unpaired) electrons. The molecule has 8 nitrogen and oxygen atoms in total. The Hall–Kier alpha value is -4.34. The van der Waals surface area contributed by atoms with Crippen LogP contribution in [0.4, 0.5) is 0 Å². The molecule has 0 unspecified atom stereocenters. The van der Waals surface area contributed by atoms with Crippen LogP contribution >= 0.6 is 0 Å². The zero-order valence-electron chi connectivity index (χ0n) is 28.8. The number of hydrogen-bond acceptors (Lipinski definition) is 8. The molecule has 6 rings (SSSR count). The number of benzene rings is 4. The summed E-state index contributed by atoms with van der Waals surface area (Å²) in [5.74, 6) is 1.49. The van der Waals surface area contributed by atoms with Crippen molar-refractivity contribution < 1.29 is 29.2 Å². The first-order chi connectivity index (χ1) is 23.7. The van der Waals surface area contributed by atoms with Crippen LogP contribution in [0.3, 0.4) is 0 Å². The van der Waals surface area contributed by atoms with Crippen molar-refractivity contribution in [3.05, 3.63) is 119 Å². The van der Waals surface area contributed by atoms with E-state index >= 15 is 0 Å². The van der Waals surface area contributed by atoms with Gasteiger partial charge in [-0.2, -0.15) is 0 Å². The van der Waals surface area contributed by atoms with Crippen LogP contribution in [0.15, 0.2) is 97.1 Å². The van der Waals surface area contributed by atoms with Crippen LogP contribution in [0.1, 0.15) is 50.1 Å². The molecule has 4 aromatic carbocycles. The van der Waals surface area contributed by atoms with Gasteiger partial charge in [0.2, 0.25) is 0 Å². The standard InChI is InChI=1S/C41H46N2O6/c1-39(2,25-44)27-46-21-23-48-31-17-13-29(14-18-31)41(30-15-19-32(20-16-30)49-24-22-47-28-40(3,4)26-45)34-10-6-5-9-33(34)37-38(41)43-36-12-8-7-11-35(36)42-37/h5-20,44-45H,21-28H2,1-4H3. The molecule has 0 saturated heterocycles. The number of para-hydroxylation sites is 2. The zero-order chi connectivity index (χ0) is 34.5. The van der Waals surface area contributed by atoms with Gasteiger partial charge in [0.05, 0.1) is 67.5 Å². The Bertz CT molecular complexity index is 1780. The fourth-order valence-corrected chi connectivity index (χ4v) is 6.17. The first-order valence-corrected chi connectivity index (χ1v) is 16.9. The second kappa shape index (κ2) is 14.6. The molecule has 2 N–H and O–H groups in total. The van der Waals surface area contributed by atoms with E-state index in [1.807, 2.05) is 76.2 Å². The van der Waals surface area contributed by atoms with Crippen LogP contribution in [-0.2, 0) is 14.9 Å². The van der Waals surface area contributed by atoms with E-state index in [4.69, 9.17) is 28.9 Å². The Balaban J connectivity index is 1.32. The number of fused-ring (bicyclic) bond motifs is 4. The molecule has 5 aromatic rings. The fraction of sp³-hybridized carbons (Fsp3) is 0.366. The van der Waals surface area contributed by atoms with E-state index in [1.165, 1.54) is 0 Å². The molecule has 256 valence electrons. The number of aliphatic hydroxyl groups is 2. The van der Waals surface area contributed by atoms with Crippen molar-refractivity contribution >= 4 is 11.0 Å². The van der Waals surface area contributed by atoms with E-state index in [0.717, 1.165) is 56.2 Å². The van der Waals surface area contributed by atoms with Gasteiger partial charge >= 0.3 is 0 Å². The lowest BCUT2D eigenvalue weighted by Crippen LogP contribution is -2.29. The van der Waals surface area contributed by atoms with Crippen molar-refractivity contribution in [2.24, 2.45) is 10.8 Å². The first kappa shape index (κ1) is 34.5. The average molecular weight is 663 g/mol. The topological polar surface area (TPSA) is 103 Å². The Kier molecular flexibility index (Phi) is 10.3. The third-order valence-electron chi connectivity index (χ3n) is 8.92. The summed E-state index contributed by atoms with van der Waals surface area (Å²) >= 11 is 0. The van der Waals surface area contributed by atoms with Gasteiger partial charge in [-0.05, 0) is 53.1 Å². The number of aliphatic hydroxyl groups excluding tert-OH is 2. The van der Waals surface area contributed by atoms with Crippen molar-refractivity contribution in [1.82, 2.24) is 9.97 Å². The van der Waals surface area contributed by atoms with Crippen LogP contribution in [0.2, 0.25) is 0 Å². The summed E-state index contributed by atoms with van der Waals surface area (Å²) in [6, 6.07) is 32.9. The van der Waals surface area contributed by atoms with Crippen LogP contribution in [-0.4, -0.2) is 73.0 Å². The lowest BCUT2D eigenvalue weighted by molar-refractivity contribution is 0.0166. The molecule has 0 spiro atoms. The van der Waals surface area contributed by atoms with E-state index in [1.54, 1.807) is 0 Å². The van der Waals surface area contributed by atoms with Crippen LogP contribution in [0.25, 0.3) is 22.3 Å². The summed E-state index contributed by atoms with van der Waals surface area (Å²) in [4.78, 5) is 10.5. The number of hydrogen-bond donors (Lipinski definition) is 2. The van der Waals surface area contributed by atoms with E-state index in [9.17, 15) is 10.2 Å². The Morgan fingerprint density at radius 3 is 1.55 bits per heavy atom. The van der Waals surface area contributed by atoms with Crippen LogP contribution in [0.5, 0.6) is 11.5 Å². The predicted molar refractivity (Wildman–Crippen MR) is 191 cm³/mol. The first-order valence-electron chi connectivity index (χ1n) is 16.9. The minimum absolute atomic E-state index is 0.0684. The molecule has 49 heavy (non-hydrogen) atoms. The van der Waals surface area contributed by atoms with E-state index in [0.29, 0.717) is 39.6 Å². The number of ether oxygens (including phenoxy) is 4. The minimum atomic E-state index is -0.738. The second-order valence-corrected chi connectivity index (χ2v) is 14.2. The summed E-state index contributed by atoms with van der Waals surface area (Å²) in [5, 5.41) is 19.0. The highest BCUT2D eigenvalue weighted by Crippen LogP contribution is 2.55. The molecule has 0 amide bonds. The summed E-state index contributed by atoms with van der Waals surface area (Å²) in [5.41, 5.74) is 6.41. The van der Waals surface area contributed by atoms with Crippen molar-refractivity contribution in [2.45, 2.75) is 33.1 Å². The quantitative estimate of drug-likeness (QED) is 0.109. The molecule has 0 fully saturated rings. The maximum absolute atomic E-state index is 9.48. The van der Waals surface area contributed by atoms with Gasteiger partial charge < -0.3 is 29.2 Å². The normalized spacial score (nSPS) is 13.7. The minimum Gasteiger partial charge on any atom is -0.491 e. The van der Waals surface area contributed by atoms with Gasteiger partial charge in [-0.25, -0.2) is 9.97 Å². The highest BCUT2D eigenvalue weighted by atomic mass is 16.5. The van der Waals surface area contributed by atoms with Gasteiger partial charge in [0.1, 0.15) is 24.7 Å². The highest BCUT2D eigenvalue weighted by Gasteiger charge is 2.48. The predicted octanol–water partition coefficient (Wildman–Crippen LogP) is 6.82. The average Bonchev–Trinajstić information content (AvgIpc) is 3.40. The molecule has 1 aliphatic rings. The highest BCUT2D eigenvalue weighted by molar-refractivity contribution is 5.87. The van der Waals surface area contributed by atoms with E-state index in [2.05, 4.69) is 48.5 Å². The molecule has 1 aliphatic carbocycles. The summed E-state index contributed by atoms with van der Waals surface area (Å²) in [6.45, 7) is 10.6. The molecule has 1 heterocycles. The Morgan fingerprint density at radius 1 is 0.571 bits per heavy atom. The third-order valence-corrected chi connectivity index (χ3v) is 8.92. The zero-order valence-corrected chi connectivity index (χ0v) is 28.8. The van der Waals surface area contributed by atoms with Gasteiger partial charge in [0, 0.05) is 16.4 Å². The maximum Gasteiger partial charge on any atom is 0.119 e. The molecular formula is C41H46N2O6. The van der Waals surface area contributed by atoms with Gasteiger partial charge in [0.15, 0.2) is 0 Å². The fourth-order valence-electron chi connectivity index (χ4n) is 6.17. The smallest absolute Gasteiger partial charge is 0.119 e. The van der Waals surface area contributed by atoms with Crippen molar-refractivity contribution in [2.75, 3.05) is 52.9 Å². The Labute approximate surface area is 288 Å². The molecule has 0 aliphatic heterocycles. The largest absolute Gasteiger partial charge is 0.491 e. The lowest BCUT2D eigenvalue weighted by atomic mass is 9.69. The van der Waals surface area contributed by atoms with Gasteiger partial charge in [0.25, 0.3) is 0 Å². The number of rotatable bonds is 16. The maximum atomic E-state index is 9.48. The van der Waals surface area contributed by atoms with E-state index < -0.39 is 5.41 Å². The summed E-state index contributed by atoms with van der Waals surface area (Å²) in [6.07, 6.45) is 0. The van der Waals surface area contributed by atoms with Crippen LogP contribution < -0.4 is 9.47 Å². The van der Waals surface area contributed by atoms with Crippen LogP contribution in [0, 0.1) is 10.8 Å². The van der Waals surface area contributed by atoms with Crippen molar-refractivity contribution in [1.29, 1.82) is 0 Å². The molecule has 0 saturated carbocycles. The molecule has 0 atom stereocenters. The number of aromatic nitrogens is 2. The number of nitrogens with zero attached hydrogens (tertiary/aromatic N) is 2. The van der Waals surface area contributed by atoms with Crippen molar-refractivity contribution in [3.8, 4) is 22.8 Å². The summed E-state index contributed by atoms with van der Waals surface area (Å²) in [7, 11) is 0. The monoisotopic (exact) mass is 662 g/mol. The lowest BCUT2D eigenvalue weighted by Gasteiger charge is -2.32. The molecule has 8 heteroatoms. The Morgan fingerprint density at radius 2 is 1.04 bits per heavy atom. The molecule has 0 bridgehead atoms. The third kappa shape index (κ3) is 7.33. The summed E-state index contributed by atoms with van der Waals surface area (Å²) < 4.78 is 23.6. The SMILES string of the molecule is CC(C)(CO)COCCOc1ccc(C2(c3ccc(OCCOCC(C)(C)CO)cc3)c3ccccc3-c3nc4ccccc4nc32)cc1. The van der Waals surface area contributed by atoms with Gasteiger partial charge in [-0.3, -0.25) is 0 Å². The van der Waals surface area contributed by atoms with E-state index in [-0.39, 0.29) is 24.0 Å². The molecular weight excluding hydrogens is 616 g/mol. The van der Waals surface area contributed by atoms with Crippen molar-refractivity contribution in [3.63, 3.8) is 0 Å².